The highest BCUT2D eigenvalue weighted by Crippen LogP contribution is 2.44. The summed E-state index contributed by atoms with van der Waals surface area (Å²) in [4.78, 5) is 24.7. The second-order valence-electron chi connectivity index (χ2n) is 8.31. The minimum Gasteiger partial charge on any atom is -0.479 e. The zero-order valence-corrected chi connectivity index (χ0v) is 16.5. The molecular formula is C24H27NO4. The molecule has 4 rings (SSSR count). The van der Waals surface area contributed by atoms with Crippen LogP contribution < -0.4 is 5.73 Å². The van der Waals surface area contributed by atoms with Crippen LogP contribution in [0.3, 0.4) is 0 Å². The summed E-state index contributed by atoms with van der Waals surface area (Å²) in [7, 11) is 0. The lowest BCUT2D eigenvalue weighted by atomic mass is 9.79. The number of carbonyl (C=O) groups is 2. The number of fused-ring (bicyclic) bond motifs is 3. The third kappa shape index (κ3) is 3.67. The standard InChI is InChI=1S/C24H27NO4/c25-24(22(26)27,14-16-8-2-1-3-9-16)23(28)29-15-21-19-12-6-4-10-17(19)18-11-5-7-13-20(18)21/h4-7,10-13,16,21H,1-3,8-9,14-15,25H2,(H,26,27)/t24-/m1/s1. The van der Waals surface area contributed by atoms with Crippen molar-refractivity contribution in [3.8, 4) is 11.1 Å². The van der Waals surface area contributed by atoms with Crippen molar-refractivity contribution < 1.29 is 19.4 Å². The van der Waals surface area contributed by atoms with Crippen LogP contribution in [0.4, 0.5) is 0 Å². The summed E-state index contributed by atoms with van der Waals surface area (Å²) in [6.07, 6.45) is 5.26. The van der Waals surface area contributed by atoms with E-state index in [1.54, 1.807) is 0 Å². The third-order valence-electron chi connectivity index (χ3n) is 6.42. The van der Waals surface area contributed by atoms with E-state index in [-0.39, 0.29) is 24.9 Å². The van der Waals surface area contributed by atoms with Crippen molar-refractivity contribution in [1.29, 1.82) is 0 Å². The molecule has 1 saturated carbocycles. The zero-order valence-electron chi connectivity index (χ0n) is 16.5. The van der Waals surface area contributed by atoms with Gasteiger partial charge in [0.25, 0.3) is 0 Å². The number of esters is 1. The summed E-state index contributed by atoms with van der Waals surface area (Å²) in [5.41, 5.74) is 8.56. The Hall–Kier alpha value is -2.66. The van der Waals surface area contributed by atoms with Crippen LogP contribution >= 0.6 is 0 Å². The van der Waals surface area contributed by atoms with Gasteiger partial charge in [-0.3, -0.25) is 0 Å². The molecule has 1 atom stereocenters. The number of hydrogen-bond acceptors (Lipinski definition) is 4. The molecule has 0 aromatic heterocycles. The maximum atomic E-state index is 12.8. The number of rotatable bonds is 6. The molecule has 2 aromatic carbocycles. The Balaban J connectivity index is 1.51. The van der Waals surface area contributed by atoms with Gasteiger partial charge in [-0.25, -0.2) is 9.59 Å². The number of carboxylic acids is 1. The van der Waals surface area contributed by atoms with Crippen LogP contribution in [0.2, 0.25) is 0 Å². The first-order valence-electron chi connectivity index (χ1n) is 10.4. The number of ether oxygens (including phenoxy) is 1. The molecule has 2 aliphatic rings. The Kier molecular flexibility index (Phi) is 5.41. The molecule has 1 fully saturated rings. The lowest BCUT2D eigenvalue weighted by Gasteiger charge is -2.30. The molecule has 0 heterocycles. The van der Waals surface area contributed by atoms with Crippen molar-refractivity contribution in [3.05, 3.63) is 59.7 Å². The van der Waals surface area contributed by atoms with Gasteiger partial charge in [0.15, 0.2) is 0 Å². The lowest BCUT2D eigenvalue weighted by Crippen LogP contribution is -2.57. The molecule has 2 aromatic rings. The van der Waals surface area contributed by atoms with E-state index in [1.807, 2.05) is 36.4 Å². The van der Waals surface area contributed by atoms with E-state index in [0.29, 0.717) is 0 Å². The summed E-state index contributed by atoms with van der Waals surface area (Å²) in [5, 5.41) is 9.72. The van der Waals surface area contributed by atoms with E-state index in [2.05, 4.69) is 12.1 Å². The highest BCUT2D eigenvalue weighted by Gasteiger charge is 2.46. The zero-order chi connectivity index (χ0) is 20.4. The fourth-order valence-electron chi connectivity index (χ4n) is 4.83. The summed E-state index contributed by atoms with van der Waals surface area (Å²) in [6, 6.07) is 16.1. The number of nitrogens with two attached hydrogens (primary N) is 1. The quantitative estimate of drug-likeness (QED) is 0.570. The Morgan fingerprint density at radius 3 is 2.07 bits per heavy atom. The van der Waals surface area contributed by atoms with Gasteiger partial charge in [0.2, 0.25) is 5.54 Å². The van der Waals surface area contributed by atoms with Gasteiger partial charge >= 0.3 is 11.9 Å². The molecule has 2 aliphatic carbocycles. The van der Waals surface area contributed by atoms with Gasteiger partial charge in [0.1, 0.15) is 6.61 Å². The summed E-state index contributed by atoms with van der Waals surface area (Å²) in [5.74, 6) is -2.10. The lowest BCUT2D eigenvalue weighted by molar-refractivity contribution is -0.162. The van der Waals surface area contributed by atoms with Gasteiger partial charge in [-0.1, -0.05) is 80.6 Å². The fraction of sp³-hybridized carbons (Fsp3) is 0.417. The molecule has 5 nitrogen and oxygen atoms in total. The Morgan fingerprint density at radius 1 is 0.966 bits per heavy atom. The van der Waals surface area contributed by atoms with Crippen molar-refractivity contribution in [2.75, 3.05) is 6.61 Å². The molecule has 0 saturated heterocycles. The first-order valence-corrected chi connectivity index (χ1v) is 10.4. The normalized spacial score (nSPS) is 18.5. The Morgan fingerprint density at radius 2 is 1.52 bits per heavy atom. The molecule has 0 radical (unpaired) electrons. The van der Waals surface area contributed by atoms with Gasteiger partial charge in [0, 0.05) is 5.92 Å². The van der Waals surface area contributed by atoms with Crippen LogP contribution in [0.25, 0.3) is 11.1 Å². The van der Waals surface area contributed by atoms with Crippen molar-refractivity contribution >= 4 is 11.9 Å². The predicted molar refractivity (Wildman–Crippen MR) is 110 cm³/mol. The second kappa shape index (κ2) is 7.99. The molecule has 0 bridgehead atoms. The summed E-state index contributed by atoms with van der Waals surface area (Å²) in [6.45, 7) is 0.0871. The minimum atomic E-state index is -1.99. The van der Waals surface area contributed by atoms with Crippen LogP contribution in [0.1, 0.15) is 55.6 Å². The largest absolute Gasteiger partial charge is 0.479 e. The number of carbonyl (C=O) groups excluding carboxylic acids is 1. The summed E-state index contributed by atoms with van der Waals surface area (Å²) >= 11 is 0. The monoisotopic (exact) mass is 393 g/mol. The van der Waals surface area contributed by atoms with Crippen molar-refractivity contribution in [3.63, 3.8) is 0 Å². The SMILES string of the molecule is N[C@](CC1CCCCC1)(C(=O)O)C(=O)OCC1c2ccccc2-c2ccccc21. The van der Waals surface area contributed by atoms with Gasteiger partial charge < -0.3 is 15.6 Å². The number of hydrogen-bond donors (Lipinski definition) is 2. The average molecular weight is 393 g/mol. The third-order valence-corrected chi connectivity index (χ3v) is 6.42. The van der Waals surface area contributed by atoms with E-state index in [1.165, 1.54) is 0 Å². The molecular weight excluding hydrogens is 366 g/mol. The highest BCUT2D eigenvalue weighted by molar-refractivity contribution is 6.03. The first-order chi connectivity index (χ1) is 14.0. The molecule has 0 unspecified atom stereocenters. The predicted octanol–water partition coefficient (Wildman–Crippen LogP) is 4.09. The molecule has 0 aliphatic heterocycles. The average Bonchev–Trinajstić information content (AvgIpc) is 3.06. The molecule has 5 heteroatoms. The molecule has 152 valence electrons. The molecule has 3 N–H and O–H groups in total. The van der Waals surface area contributed by atoms with Gasteiger partial charge in [-0.15, -0.1) is 0 Å². The van der Waals surface area contributed by atoms with Gasteiger partial charge in [-0.05, 0) is 34.6 Å². The Labute approximate surface area is 170 Å². The highest BCUT2D eigenvalue weighted by atomic mass is 16.5. The topological polar surface area (TPSA) is 89.6 Å². The molecule has 0 spiro atoms. The van der Waals surface area contributed by atoms with E-state index in [9.17, 15) is 14.7 Å². The number of benzene rings is 2. The van der Waals surface area contributed by atoms with Gasteiger partial charge in [0.05, 0.1) is 0 Å². The maximum Gasteiger partial charge on any atom is 0.337 e. The number of carboxylic acid groups (broad SMARTS) is 1. The first kappa shape index (κ1) is 19.6. The maximum absolute atomic E-state index is 12.8. The van der Waals surface area contributed by atoms with E-state index in [4.69, 9.17) is 10.5 Å². The fourth-order valence-corrected chi connectivity index (χ4v) is 4.83. The second-order valence-corrected chi connectivity index (χ2v) is 8.31. The van der Waals surface area contributed by atoms with E-state index < -0.39 is 17.5 Å². The van der Waals surface area contributed by atoms with Gasteiger partial charge in [-0.2, -0.15) is 0 Å². The van der Waals surface area contributed by atoms with Crippen LogP contribution in [-0.4, -0.2) is 29.2 Å². The van der Waals surface area contributed by atoms with Crippen molar-refractivity contribution in [2.45, 2.75) is 50.0 Å². The summed E-state index contributed by atoms with van der Waals surface area (Å²) < 4.78 is 5.56. The minimum absolute atomic E-state index is 0.0871. The molecule has 0 amide bonds. The smallest absolute Gasteiger partial charge is 0.337 e. The van der Waals surface area contributed by atoms with Crippen LogP contribution in [0.15, 0.2) is 48.5 Å². The van der Waals surface area contributed by atoms with E-state index >= 15 is 0 Å². The Bertz CT molecular complexity index is 873. The molecule has 29 heavy (non-hydrogen) atoms. The van der Waals surface area contributed by atoms with Crippen LogP contribution in [-0.2, 0) is 14.3 Å². The number of aliphatic carboxylic acids is 1. The van der Waals surface area contributed by atoms with E-state index in [0.717, 1.165) is 54.4 Å². The van der Waals surface area contributed by atoms with Crippen LogP contribution in [0, 0.1) is 5.92 Å². The van der Waals surface area contributed by atoms with Crippen molar-refractivity contribution in [1.82, 2.24) is 0 Å². The van der Waals surface area contributed by atoms with Crippen LogP contribution in [0.5, 0.6) is 0 Å². The van der Waals surface area contributed by atoms with Crippen molar-refractivity contribution in [2.24, 2.45) is 11.7 Å².